The van der Waals surface area contributed by atoms with Gasteiger partial charge in [0, 0.05) is 35.5 Å². The van der Waals surface area contributed by atoms with Gasteiger partial charge in [0.05, 0.1) is 22.4 Å². The molecule has 0 aliphatic carbocycles. The van der Waals surface area contributed by atoms with E-state index >= 15 is 4.39 Å². The third-order valence-electron chi connectivity index (χ3n) is 6.87. The van der Waals surface area contributed by atoms with Crippen LogP contribution in [0.2, 0.25) is 0 Å². The van der Waals surface area contributed by atoms with Crippen LogP contribution in [0.15, 0.2) is 73.1 Å². The number of hydrogen-bond acceptors (Lipinski definition) is 5. The van der Waals surface area contributed by atoms with Gasteiger partial charge >= 0.3 is 0 Å². The first kappa shape index (κ1) is 27.6. The summed E-state index contributed by atoms with van der Waals surface area (Å²) in [6.45, 7) is 8.27. The molecule has 7 nitrogen and oxygen atoms in total. The minimum atomic E-state index is -0.489. The number of hydrogen-bond donors (Lipinski definition) is 1. The number of aryl methyl sites for hydroxylation is 1. The van der Waals surface area contributed by atoms with Gasteiger partial charge in [0.1, 0.15) is 18.2 Å². The average molecular weight is 558 g/mol. The van der Waals surface area contributed by atoms with E-state index in [0.717, 1.165) is 28.1 Å². The number of anilines is 1. The molecule has 5 rings (SSSR count). The van der Waals surface area contributed by atoms with E-state index in [0.29, 0.717) is 17.9 Å². The van der Waals surface area contributed by atoms with E-state index in [1.165, 1.54) is 22.7 Å². The van der Waals surface area contributed by atoms with Gasteiger partial charge < -0.3 is 5.32 Å². The summed E-state index contributed by atoms with van der Waals surface area (Å²) >= 11 is 1.36. The van der Waals surface area contributed by atoms with Crippen LogP contribution in [-0.4, -0.2) is 38.9 Å². The van der Waals surface area contributed by atoms with Gasteiger partial charge in [-0.15, -0.1) is 11.8 Å². The largest absolute Gasteiger partial charge is 0.350 e. The van der Waals surface area contributed by atoms with Crippen LogP contribution in [0.4, 0.5) is 10.2 Å². The molecule has 1 N–H and O–H groups in total. The molecule has 0 saturated heterocycles. The van der Waals surface area contributed by atoms with Gasteiger partial charge in [-0.2, -0.15) is 5.10 Å². The van der Waals surface area contributed by atoms with Gasteiger partial charge in [-0.1, -0.05) is 57.2 Å². The number of halogens is 1. The number of benzene rings is 2. The fourth-order valence-corrected chi connectivity index (χ4v) is 6.10. The molecule has 0 spiro atoms. The molecule has 3 heterocycles. The number of amides is 2. The molecule has 2 aromatic heterocycles. The zero-order valence-corrected chi connectivity index (χ0v) is 23.8. The Kier molecular flexibility index (Phi) is 7.76. The van der Waals surface area contributed by atoms with Crippen molar-refractivity contribution in [1.82, 2.24) is 20.1 Å². The third-order valence-corrected chi connectivity index (χ3v) is 8.11. The summed E-state index contributed by atoms with van der Waals surface area (Å²) in [7, 11) is 0. The van der Waals surface area contributed by atoms with Crippen molar-refractivity contribution in [1.29, 1.82) is 0 Å². The summed E-state index contributed by atoms with van der Waals surface area (Å²) in [6, 6.07) is 18.1. The van der Waals surface area contributed by atoms with Crippen LogP contribution >= 0.6 is 11.8 Å². The van der Waals surface area contributed by atoms with Crippen LogP contribution in [0.1, 0.15) is 54.0 Å². The minimum Gasteiger partial charge on any atom is -0.350 e. The van der Waals surface area contributed by atoms with E-state index in [1.807, 2.05) is 43.3 Å². The first-order valence-corrected chi connectivity index (χ1v) is 14.2. The molecule has 1 aliphatic rings. The second kappa shape index (κ2) is 11.3. The fraction of sp³-hybridized carbons (Fsp3) is 0.290. The Balaban J connectivity index is 1.68. The number of nitrogens with zero attached hydrogens (tertiary/aromatic N) is 4. The monoisotopic (exact) mass is 557 g/mol. The highest BCUT2D eigenvalue weighted by Gasteiger charge is 2.40. The van der Waals surface area contributed by atoms with Gasteiger partial charge in [0.25, 0.3) is 0 Å². The molecular formula is C31H32FN5O2S. The highest BCUT2D eigenvalue weighted by Crippen LogP contribution is 2.49. The molecule has 0 saturated carbocycles. The fourth-order valence-electron chi connectivity index (χ4n) is 4.88. The maximum absolute atomic E-state index is 15.3. The predicted octanol–water partition coefficient (Wildman–Crippen LogP) is 5.50. The zero-order valence-electron chi connectivity index (χ0n) is 23.0. The standard InChI is InChI=1S/C31H32FN5O2S/c1-20-9-5-8-12-24(20)37-30-27(29(35-37)31(2,3)4)28(22-10-6-7-11-23(22)32)40-19-26(39)36(30)18-25(38)34-17-21-13-15-33-16-14-21/h5-16,28H,17-19H2,1-4H3,(H,34,38). The second-order valence-corrected chi connectivity index (χ2v) is 12.0. The van der Waals surface area contributed by atoms with Crippen molar-refractivity contribution in [2.24, 2.45) is 0 Å². The predicted molar refractivity (Wildman–Crippen MR) is 156 cm³/mol. The molecule has 1 unspecified atom stereocenters. The van der Waals surface area contributed by atoms with Crippen molar-refractivity contribution >= 4 is 29.4 Å². The van der Waals surface area contributed by atoms with Crippen molar-refractivity contribution in [2.45, 2.75) is 44.9 Å². The zero-order chi connectivity index (χ0) is 28.4. The molecule has 4 aromatic rings. The number of aromatic nitrogens is 3. The Bertz CT molecular complexity index is 1550. The van der Waals surface area contributed by atoms with Crippen LogP contribution in [0.5, 0.6) is 0 Å². The van der Waals surface area contributed by atoms with E-state index in [2.05, 4.69) is 31.1 Å². The smallest absolute Gasteiger partial charge is 0.240 e. The lowest BCUT2D eigenvalue weighted by atomic mass is 9.87. The van der Waals surface area contributed by atoms with Crippen molar-refractivity contribution in [2.75, 3.05) is 17.2 Å². The third kappa shape index (κ3) is 5.51. The summed E-state index contributed by atoms with van der Waals surface area (Å²) in [5.41, 5.74) is 4.22. The second-order valence-electron chi connectivity index (χ2n) is 10.9. The Morgan fingerprint density at radius 2 is 1.77 bits per heavy atom. The number of fused-ring (bicyclic) bond motifs is 1. The number of pyridine rings is 1. The van der Waals surface area contributed by atoms with Crippen LogP contribution in [0, 0.1) is 12.7 Å². The first-order valence-electron chi connectivity index (χ1n) is 13.2. The number of carbonyl (C=O) groups is 2. The lowest BCUT2D eigenvalue weighted by Crippen LogP contribution is -2.42. The van der Waals surface area contributed by atoms with Crippen LogP contribution in [-0.2, 0) is 21.5 Å². The van der Waals surface area contributed by atoms with Crippen LogP contribution in [0.25, 0.3) is 5.69 Å². The Hall–Kier alpha value is -3.98. The Morgan fingerprint density at radius 3 is 2.48 bits per heavy atom. The molecular weight excluding hydrogens is 525 g/mol. The van der Waals surface area contributed by atoms with E-state index in [9.17, 15) is 9.59 Å². The summed E-state index contributed by atoms with van der Waals surface area (Å²) in [5.74, 6) is -0.297. The van der Waals surface area contributed by atoms with E-state index in [4.69, 9.17) is 5.10 Å². The summed E-state index contributed by atoms with van der Waals surface area (Å²) in [4.78, 5) is 32.5. The van der Waals surface area contributed by atoms with Gasteiger partial charge in [0.2, 0.25) is 11.8 Å². The highest BCUT2D eigenvalue weighted by atomic mass is 32.2. The maximum Gasteiger partial charge on any atom is 0.240 e. The molecule has 0 fully saturated rings. The number of rotatable bonds is 6. The molecule has 2 amide bonds. The topological polar surface area (TPSA) is 80.1 Å². The molecule has 0 radical (unpaired) electrons. The number of thioether (sulfide) groups is 1. The van der Waals surface area contributed by atoms with Crippen molar-refractivity contribution in [3.05, 3.63) is 107 Å². The molecule has 1 atom stereocenters. The highest BCUT2D eigenvalue weighted by molar-refractivity contribution is 8.00. The maximum atomic E-state index is 15.3. The molecule has 40 heavy (non-hydrogen) atoms. The molecule has 9 heteroatoms. The van der Waals surface area contributed by atoms with Crippen LogP contribution in [0.3, 0.4) is 0 Å². The molecule has 1 aliphatic heterocycles. The number of para-hydroxylation sites is 1. The van der Waals surface area contributed by atoms with Crippen LogP contribution < -0.4 is 10.2 Å². The molecule has 0 bridgehead atoms. The number of nitrogens with one attached hydrogen (secondary N) is 1. The number of carbonyl (C=O) groups excluding carboxylic acids is 2. The van der Waals surface area contributed by atoms with Crippen molar-refractivity contribution in [3.8, 4) is 5.69 Å². The van der Waals surface area contributed by atoms with Gasteiger partial charge in [-0.3, -0.25) is 19.5 Å². The SMILES string of the molecule is Cc1ccccc1-n1nc(C(C)(C)C)c2c1N(CC(=O)NCc1ccncc1)C(=O)CSC2c1ccccc1F. The average Bonchev–Trinajstić information content (AvgIpc) is 3.27. The summed E-state index contributed by atoms with van der Waals surface area (Å²) in [5, 5.41) is 7.51. The summed E-state index contributed by atoms with van der Waals surface area (Å²) in [6.07, 6.45) is 3.34. The first-order chi connectivity index (χ1) is 19.1. The Morgan fingerprint density at radius 1 is 1.07 bits per heavy atom. The van der Waals surface area contributed by atoms with E-state index < -0.39 is 10.7 Å². The molecule has 2 aromatic carbocycles. The molecule has 206 valence electrons. The lowest BCUT2D eigenvalue weighted by molar-refractivity contribution is -0.123. The van der Waals surface area contributed by atoms with Crippen molar-refractivity contribution < 1.29 is 14.0 Å². The van der Waals surface area contributed by atoms with E-state index in [-0.39, 0.29) is 29.9 Å². The minimum absolute atomic E-state index is 0.0860. The summed E-state index contributed by atoms with van der Waals surface area (Å²) < 4.78 is 17.0. The Labute approximate surface area is 237 Å². The van der Waals surface area contributed by atoms with E-state index in [1.54, 1.807) is 35.3 Å². The lowest BCUT2D eigenvalue weighted by Gasteiger charge is -2.25. The quantitative estimate of drug-likeness (QED) is 0.339. The van der Waals surface area contributed by atoms with Gasteiger partial charge in [-0.25, -0.2) is 9.07 Å². The normalized spacial score (nSPS) is 15.5. The van der Waals surface area contributed by atoms with Gasteiger partial charge in [-0.05, 0) is 42.3 Å². The van der Waals surface area contributed by atoms with Gasteiger partial charge in [0.15, 0.2) is 0 Å². The van der Waals surface area contributed by atoms with Crippen molar-refractivity contribution in [3.63, 3.8) is 0 Å².